The molecule has 0 saturated heterocycles. The molecule has 0 saturated carbocycles. The van der Waals surface area contributed by atoms with Gasteiger partial charge in [0.1, 0.15) is 18.4 Å². The normalized spacial score (nSPS) is 10.1. The van der Waals surface area contributed by atoms with Gasteiger partial charge >= 0.3 is 0 Å². The Balaban J connectivity index is 2.38. The maximum absolute atomic E-state index is 11.5. The molecule has 0 aliphatic carbocycles. The number of hydrogen-bond donors (Lipinski definition) is 0. The molecular weight excluding hydrogens is 242 g/mol. The Kier molecular flexibility index (Phi) is 5.83. The minimum Gasteiger partial charge on any atom is -0.491 e. The minimum absolute atomic E-state index is 0.0555. The van der Waals surface area contributed by atoms with Gasteiger partial charge in [-0.1, -0.05) is 12.1 Å². The van der Waals surface area contributed by atoms with Crippen LogP contribution in [0.5, 0.6) is 5.75 Å². The van der Waals surface area contributed by atoms with E-state index >= 15 is 0 Å². The van der Waals surface area contributed by atoms with Crippen LogP contribution >= 0.6 is 0 Å². The second kappa shape index (κ2) is 7.39. The van der Waals surface area contributed by atoms with Crippen molar-refractivity contribution in [1.29, 1.82) is 5.26 Å². The van der Waals surface area contributed by atoms with Crippen LogP contribution in [-0.2, 0) is 4.79 Å². The van der Waals surface area contributed by atoms with Crippen molar-refractivity contribution in [3.8, 4) is 11.8 Å². The Morgan fingerprint density at radius 2 is 2.00 bits per heavy atom. The van der Waals surface area contributed by atoms with Gasteiger partial charge in [0, 0.05) is 20.6 Å². The van der Waals surface area contributed by atoms with Crippen LogP contribution in [0.4, 0.5) is 0 Å². The fourth-order valence-electron chi connectivity index (χ4n) is 1.45. The standard InChI is InChI=1S/C14H19N3O2/c1-16(2)14(18)11-17(3)8-9-19-13-7-5-4-6-12(13)10-15/h4-7H,8-9,11H2,1-3H3. The molecule has 0 aliphatic rings. The van der Waals surface area contributed by atoms with Crippen LogP contribution < -0.4 is 4.74 Å². The van der Waals surface area contributed by atoms with Crippen molar-refractivity contribution in [3.63, 3.8) is 0 Å². The topological polar surface area (TPSA) is 56.6 Å². The molecule has 1 rings (SSSR count). The highest BCUT2D eigenvalue weighted by atomic mass is 16.5. The Morgan fingerprint density at radius 3 is 2.63 bits per heavy atom. The summed E-state index contributed by atoms with van der Waals surface area (Å²) in [7, 11) is 5.33. The molecule has 0 atom stereocenters. The summed E-state index contributed by atoms with van der Waals surface area (Å²) in [4.78, 5) is 14.9. The average molecular weight is 261 g/mol. The Labute approximate surface area is 114 Å². The van der Waals surface area contributed by atoms with E-state index in [0.717, 1.165) is 0 Å². The largest absolute Gasteiger partial charge is 0.491 e. The van der Waals surface area contributed by atoms with Crippen LogP contribution in [0.2, 0.25) is 0 Å². The Bertz CT molecular complexity index is 466. The molecule has 0 unspecified atom stereocenters. The zero-order chi connectivity index (χ0) is 14.3. The summed E-state index contributed by atoms with van der Waals surface area (Å²) < 4.78 is 5.55. The third kappa shape index (κ3) is 4.98. The second-order valence-electron chi connectivity index (χ2n) is 4.48. The van der Waals surface area contributed by atoms with Gasteiger partial charge in [0.15, 0.2) is 0 Å². The van der Waals surface area contributed by atoms with E-state index in [2.05, 4.69) is 6.07 Å². The van der Waals surface area contributed by atoms with Crippen molar-refractivity contribution in [2.45, 2.75) is 0 Å². The molecule has 0 spiro atoms. The summed E-state index contributed by atoms with van der Waals surface area (Å²) in [6, 6.07) is 9.19. The van der Waals surface area contributed by atoms with E-state index < -0.39 is 0 Å². The molecule has 0 bridgehead atoms. The highest BCUT2D eigenvalue weighted by Gasteiger charge is 2.08. The minimum atomic E-state index is 0.0555. The summed E-state index contributed by atoms with van der Waals surface area (Å²) in [5.74, 6) is 0.636. The first-order chi connectivity index (χ1) is 9.04. The highest BCUT2D eigenvalue weighted by Crippen LogP contribution is 2.16. The molecule has 102 valence electrons. The van der Waals surface area contributed by atoms with Gasteiger partial charge < -0.3 is 9.64 Å². The van der Waals surface area contributed by atoms with Crippen molar-refractivity contribution in [3.05, 3.63) is 29.8 Å². The van der Waals surface area contributed by atoms with Crippen molar-refractivity contribution in [2.24, 2.45) is 0 Å². The zero-order valence-electron chi connectivity index (χ0n) is 11.6. The van der Waals surface area contributed by atoms with Crippen LogP contribution in [0.3, 0.4) is 0 Å². The average Bonchev–Trinajstić information content (AvgIpc) is 2.39. The first kappa shape index (κ1) is 15.0. The molecule has 0 aromatic heterocycles. The smallest absolute Gasteiger partial charge is 0.236 e. The number of rotatable bonds is 6. The van der Waals surface area contributed by atoms with Gasteiger partial charge in [-0.2, -0.15) is 5.26 Å². The van der Waals surface area contributed by atoms with E-state index in [4.69, 9.17) is 10.00 Å². The maximum atomic E-state index is 11.5. The van der Waals surface area contributed by atoms with Gasteiger partial charge in [-0.15, -0.1) is 0 Å². The number of benzene rings is 1. The lowest BCUT2D eigenvalue weighted by molar-refractivity contribution is -0.129. The predicted octanol–water partition coefficient (Wildman–Crippen LogP) is 0.957. The first-order valence-corrected chi connectivity index (χ1v) is 6.05. The van der Waals surface area contributed by atoms with E-state index in [-0.39, 0.29) is 5.91 Å². The molecule has 19 heavy (non-hydrogen) atoms. The van der Waals surface area contributed by atoms with E-state index in [1.165, 1.54) is 0 Å². The van der Waals surface area contributed by atoms with Gasteiger partial charge in [-0.3, -0.25) is 9.69 Å². The van der Waals surface area contributed by atoms with Crippen LogP contribution in [0.15, 0.2) is 24.3 Å². The number of carbonyl (C=O) groups is 1. The number of para-hydroxylation sites is 1. The molecule has 5 heteroatoms. The van der Waals surface area contributed by atoms with Crippen LogP contribution in [0.1, 0.15) is 5.56 Å². The summed E-state index contributed by atoms with van der Waals surface area (Å²) in [5, 5.41) is 8.92. The lowest BCUT2D eigenvalue weighted by atomic mass is 10.2. The summed E-state index contributed by atoms with van der Waals surface area (Å²) in [6.07, 6.45) is 0. The molecule has 1 aromatic carbocycles. The molecule has 5 nitrogen and oxygen atoms in total. The monoisotopic (exact) mass is 261 g/mol. The Morgan fingerprint density at radius 1 is 1.32 bits per heavy atom. The van der Waals surface area contributed by atoms with Gasteiger partial charge in [0.05, 0.1) is 12.1 Å². The molecule has 1 aromatic rings. The van der Waals surface area contributed by atoms with Crippen LogP contribution in [0, 0.1) is 11.3 Å². The molecule has 0 aliphatic heterocycles. The van der Waals surface area contributed by atoms with Crippen LogP contribution in [0.25, 0.3) is 0 Å². The lowest BCUT2D eigenvalue weighted by Gasteiger charge is -2.19. The molecule has 1 amide bonds. The highest BCUT2D eigenvalue weighted by molar-refractivity contribution is 5.77. The zero-order valence-corrected chi connectivity index (χ0v) is 11.6. The molecule has 0 N–H and O–H groups in total. The quantitative estimate of drug-likeness (QED) is 0.765. The van der Waals surface area contributed by atoms with E-state index in [9.17, 15) is 4.79 Å². The number of ether oxygens (including phenoxy) is 1. The first-order valence-electron chi connectivity index (χ1n) is 6.05. The van der Waals surface area contributed by atoms with Gasteiger partial charge in [-0.25, -0.2) is 0 Å². The maximum Gasteiger partial charge on any atom is 0.236 e. The van der Waals surface area contributed by atoms with E-state index in [1.807, 2.05) is 18.0 Å². The number of nitrogens with zero attached hydrogens (tertiary/aromatic N) is 3. The van der Waals surface area contributed by atoms with Crippen molar-refractivity contribution < 1.29 is 9.53 Å². The van der Waals surface area contributed by atoms with E-state index in [1.54, 1.807) is 37.2 Å². The predicted molar refractivity (Wildman–Crippen MR) is 72.8 cm³/mol. The lowest BCUT2D eigenvalue weighted by Crippen LogP contribution is -2.36. The van der Waals surface area contributed by atoms with Crippen molar-refractivity contribution in [2.75, 3.05) is 40.8 Å². The molecule has 0 fully saturated rings. The molecule has 0 heterocycles. The summed E-state index contributed by atoms with van der Waals surface area (Å²) in [5.41, 5.74) is 0.523. The summed E-state index contributed by atoms with van der Waals surface area (Å²) >= 11 is 0. The van der Waals surface area contributed by atoms with Gasteiger partial charge in [0.2, 0.25) is 5.91 Å². The fourth-order valence-corrected chi connectivity index (χ4v) is 1.45. The SMILES string of the molecule is CN(CCOc1ccccc1C#N)CC(=O)N(C)C. The summed E-state index contributed by atoms with van der Waals surface area (Å²) in [6.45, 7) is 1.42. The molecule has 0 radical (unpaired) electrons. The number of nitriles is 1. The second-order valence-corrected chi connectivity index (χ2v) is 4.48. The van der Waals surface area contributed by atoms with Crippen LogP contribution in [-0.4, -0.2) is 56.5 Å². The van der Waals surface area contributed by atoms with E-state index in [0.29, 0.717) is 31.0 Å². The number of carbonyl (C=O) groups excluding carboxylic acids is 1. The number of likely N-dealkylation sites (N-methyl/N-ethyl adjacent to an activating group) is 2. The van der Waals surface area contributed by atoms with Crippen molar-refractivity contribution >= 4 is 5.91 Å². The van der Waals surface area contributed by atoms with Gasteiger partial charge in [-0.05, 0) is 19.2 Å². The third-order valence-corrected chi connectivity index (χ3v) is 2.64. The molecular formula is C14H19N3O2. The number of hydrogen-bond acceptors (Lipinski definition) is 4. The Hall–Kier alpha value is -2.06. The number of amides is 1. The fraction of sp³-hybridized carbons (Fsp3) is 0.429. The van der Waals surface area contributed by atoms with Crippen molar-refractivity contribution in [1.82, 2.24) is 9.80 Å². The van der Waals surface area contributed by atoms with Gasteiger partial charge in [0.25, 0.3) is 0 Å². The third-order valence-electron chi connectivity index (χ3n) is 2.64.